The van der Waals surface area contributed by atoms with Crippen molar-refractivity contribution in [3.8, 4) is 11.1 Å². The Morgan fingerprint density at radius 3 is 2.88 bits per heavy atom. The topological polar surface area (TPSA) is 104 Å². The van der Waals surface area contributed by atoms with E-state index in [0.29, 0.717) is 13.1 Å². The number of aliphatic hydroxyl groups excluding tert-OH is 1. The number of nitrogens with two attached hydrogens (primary N) is 1. The van der Waals surface area contributed by atoms with E-state index < -0.39 is 6.35 Å². The number of hydrogen-bond donors (Lipinski definition) is 3. The number of nitrogens with one attached hydrogen (secondary N) is 1. The number of fused-ring (bicyclic) bond motifs is 1. The lowest BCUT2D eigenvalue weighted by molar-refractivity contribution is -0.122. The fourth-order valence-electron chi connectivity index (χ4n) is 3.33. The minimum Gasteiger partial charge on any atom is -0.361 e. The summed E-state index contributed by atoms with van der Waals surface area (Å²) in [5.74, 6) is 1.08. The summed E-state index contributed by atoms with van der Waals surface area (Å²) in [6.45, 7) is 1.19. The van der Waals surface area contributed by atoms with Crippen LogP contribution in [0.1, 0.15) is 30.4 Å². The highest BCUT2D eigenvalue weighted by Crippen LogP contribution is 2.30. The summed E-state index contributed by atoms with van der Waals surface area (Å²) < 4.78 is 0. The van der Waals surface area contributed by atoms with E-state index in [4.69, 9.17) is 5.73 Å². The first-order valence-corrected chi connectivity index (χ1v) is 9.03. The van der Waals surface area contributed by atoms with E-state index in [-0.39, 0.29) is 11.8 Å². The van der Waals surface area contributed by atoms with Gasteiger partial charge in [-0.05, 0) is 48.9 Å². The van der Waals surface area contributed by atoms with Crippen LogP contribution < -0.4 is 16.0 Å². The fourth-order valence-corrected chi connectivity index (χ4v) is 3.33. The highest BCUT2D eigenvalue weighted by molar-refractivity contribution is 5.80. The second kappa shape index (κ2) is 7.01. The zero-order valence-electron chi connectivity index (χ0n) is 14.6. The van der Waals surface area contributed by atoms with Gasteiger partial charge in [0.2, 0.25) is 5.91 Å². The average molecular weight is 353 g/mol. The largest absolute Gasteiger partial charge is 0.361 e. The van der Waals surface area contributed by atoms with Crippen molar-refractivity contribution in [3.05, 3.63) is 41.9 Å². The number of anilines is 1. The molecule has 7 nitrogen and oxygen atoms in total. The summed E-state index contributed by atoms with van der Waals surface area (Å²) in [5, 5.41) is 12.7. The molecule has 0 spiro atoms. The molecule has 26 heavy (non-hydrogen) atoms. The Bertz CT molecular complexity index is 819. The molecule has 2 aliphatic rings. The van der Waals surface area contributed by atoms with E-state index in [9.17, 15) is 9.90 Å². The van der Waals surface area contributed by atoms with Crippen LogP contribution in [0, 0.1) is 5.92 Å². The van der Waals surface area contributed by atoms with E-state index in [1.807, 2.05) is 6.07 Å². The third kappa shape index (κ3) is 3.54. The van der Waals surface area contributed by atoms with Crippen LogP contribution >= 0.6 is 0 Å². The number of pyridine rings is 2. The first-order chi connectivity index (χ1) is 12.6. The molecule has 1 saturated carbocycles. The summed E-state index contributed by atoms with van der Waals surface area (Å²) in [5.41, 5.74) is 9.61. The minimum atomic E-state index is -1.03. The first kappa shape index (κ1) is 16.9. The quantitative estimate of drug-likeness (QED) is 0.697. The Balaban J connectivity index is 1.54. The van der Waals surface area contributed by atoms with Gasteiger partial charge in [0.05, 0.1) is 0 Å². The van der Waals surface area contributed by atoms with E-state index >= 15 is 0 Å². The molecule has 1 atom stereocenters. The van der Waals surface area contributed by atoms with Crippen molar-refractivity contribution in [3.63, 3.8) is 0 Å². The number of aliphatic hydroxyl groups is 1. The molecule has 1 aliphatic carbocycles. The van der Waals surface area contributed by atoms with Crippen LogP contribution in [0.4, 0.5) is 5.82 Å². The van der Waals surface area contributed by atoms with Crippen molar-refractivity contribution in [2.75, 3.05) is 11.4 Å². The summed E-state index contributed by atoms with van der Waals surface area (Å²) in [4.78, 5) is 22.3. The zero-order valence-corrected chi connectivity index (χ0v) is 14.6. The fraction of sp³-hybridized carbons (Fsp3) is 0.421. The SMILES string of the molecule is NC(O)N1CCCc2cc(-c3cncc(CNC(=O)C4CC4)c3)cnc21. The molecule has 1 fully saturated rings. The Labute approximate surface area is 152 Å². The van der Waals surface area contributed by atoms with Gasteiger partial charge in [-0.15, -0.1) is 0 Å². The average Bonchev–Trinajstić information content (AvgIpc) is 3.50. The molecule has 2 aromatic heterocycles. The van der Waals surface area contributed by atoms with Gasteiger partial charge in [0, 0.05) is 48.7 Å². The molecular weight excluding hydrogens is 330 g/mol. The number of amides is 1. The van der Waals surface area contributed by atoms with Gasteiger partial charge in [0.1, 0.15) is 5.82 Å². The standard InChI is InChI=1S/C19H23N5O2/c20-19(26)24-5-1-2-14-7-16(11-22-17(14)24)15-6-12(8-21-10-15)9-23-18(25)13-3-4-13/h6-8,10-11,13,19,26H,1-5,9,20H2,(H,23,25). The maximum Gasteiger partial charge on any atom is 0.223 e. The van der Waals surface area contributed by atoms with E-state index in [1.54, 1.807) is 23.5 Å². The van der Waals surface area contributed by atoms with Crippen LogP contribution in [-0.4, -0.2) is 33.9 Å². The molecule has 3 heterocycles. The second-order valence-corrected chi connectivity index (χ2v) is 6.99. The molecule has 136 valence electrons. The van der Waals surface area contributed by atoms with Crippen molar-refractivity contribution < 1.29 is 9.90 Å². The summed E-state index contributed by atoms with van der Waals surface area (Å²) >= 11 is 0. The van der Waals surface area contributed by atoms with Gasteiger partial charge < -0.3 is 15.3 Å². The van der Waals surface area contributed by atoms with Gasteiger partial charge in [-0.3, -0.25) is 15.5 Å². The summed E-state index contributed by atoms with van der Waals surface area (Å²) in [6.07, 6.45) is 8.15. The van der Waals surface area contributed by atoms with Crippen LogP contribution in [0.15, 0.2) is 30.7 Å². The number of hydrogen-bond acceptors (Lipinski definition) is 6. The monoisotopic (exact) mass is 353 g/mol. The molecule has 1 aliphatic heterocycles. The van der Waals surface area contributed by atoms with Gasteiger partial charge in [0.25, 0.3) is 0 Å². The Kier molecular flexibility index (Phi) is 4.57. The molecule has 4 N–H and O–H groups in total. The van der Waals surface area contributed by atoms with E-state index in [0.717, 1.165) is 53.8 Å². The predicted molar refractivity (Wildman–Crippen MR) is 97.9 cm³/mol. The van der Waals surface area contributed by atoms with Crippen molar-refractivity contribution in [1.29, 1.82) is 0 Å². The molecule has 0 saturated heterocycles. The van der Waals surface area contributed by atoms with Gasteiger partial charge in [-0.2, -0.15) is 0 Å². The smallest absolute Gasteiger partial charge is 0.223 e. The lowest BCUT2D eigenvalue weighted by Crippen LogP contribution is -2.45. The van der Waals surface area contributed by atoms with Crippen LogP contribution in [0.3, 0.4) is 0 Å². The molecule has 4 rings (SSSR count). The van der Waals surface area contributed by atoms with E-state index in [1.165, 1.54) is 0 Å². The van der Waals surface area contributed by atoms with Crippen molar-refractivity contribution in [2.24, 2.45) is 11.7 Å². The van der Waals surface area contributed by atoms with Crippen molar-refractivity contribution >= 4 is 11.7 Å². The van der Waals surface area contributed by atoms with Gasteiger partial charge in [-0.25, -0.2) is 4.98 Å². The highest BCUT2D eigenvalue weighted by Gasteiger charge is 2.29. The number of rotatable bonds is 5. The Hall–Kier alpha value is -2.51. The molecule has 7 heteroatoms. The molecule has 0 radical (unpaired) electrons. The number of nitrogens with zero attached hydrogens (tertiary/aromatic N) is 3. The molecular formula is C19H23N5O2. The summed E-state index contributed by atoms with van der Waals surface area (Å²) in [7, 11) is 0. The third-order valence-corrected chi connectivity index (χ3v) is 4.92. The van der Waals surface area contributed by atoms with Crippen LogP contribution in [0.25, 0.3) is 11.1 Å². The zero-order chi connectivity index (χ0) is 18.1. The number of carbonyl (C=O) groups is 1. The van der Waals surface area contributed by atoms with Crippen LogP contribution in [-0.2, 0) is 17.8 Å². The lowest BCUT2D eigenvalue weighted by Gasteiger charge is -2.32. The Morgan fingerprint density at radius 1 is 1.31 bits per heavy atom. The lowest BCUT2D eigenvalue weighted by atomic mass is 10.0. The normalized spacial score (nSPS) is 17.5. The number of carbonyl (C=O) groups excluding carboxylic acids is 1. The maximum absolute atomic E-state index is 11.8. The Morgan fingerprint density at radius 2 is 2.12 bits per heavy atom. The highest BCUT2D eigenvalue weighted by atomic mass is 16.3. The first-order valence-electron chi connectivity index (χ1n) is 9.03. The molecule has 1 unspecified atom stereocenters. The van der Waals surface area contributed by atoms with Gasteiger partial charge in [0.15, 0.2) is 6.35 Å². The molecule has 2 aromatic rings. The van der Waals surface area contributed by atoms with Crippen molar-refractivity contribution in [2.45, 2.75) is 38.6 Å². The minimum absolute atomic E-state index is 0.131. The van der Waals surface area contributed by atoms with E-state index in [2.05, 4.69) is 21.4 Å². The maximum atomic E-state index is 11.8. The van der Waals surface area contributed by atoms with Gasteiger partial charge >= 0.3 is 0 Å². The van der Waals surface area contributed by atoms with Crippen LogP contribution in [0.2, 0.25) is 0 Å². The third-order valence-electron chi connectivity index (χ3n) is 4.92. The molecule has 0 aromatic carbocycles. The number of aromatic nitrogens is 2. The number of aryl methyl sites for hydroxylation is 1. The van der Waals surface area contributed by atoms with Crippen molar-refractivity contribution in [1.82, 2.24) is 15.3 Å². The van der Waals surface area contributed by atoms with Crippen LogP contribution in [0.5, 0.6) is 0 Å². The van der Waals surface area contributed by atoms with Gasteiger partial charge in [-0.1, -0.05) is 0 Å². The molecule has 0 bridgehead atoms. The second-order valence-electron chi connectivity index (χ2n) is 6.99. The molecule has 1 amide bonds. The summed E-state index contributed by atoms with van der Waals surface area (Å²) in [6, 6.07) is 4.11. The predicted octanol–water partition coefficient (Wildman–Crippen LogP) is 1.16.